The predicted octanol–water partition coefficient (Wildman–Crippen LogP) is 0.541. The first-order valence-electron chi connectivity index (χ1n) is 6.11. The van der Waals surface area contributed by atoms with Gasteiger partial charge in [0.15, 0.2) is 0 Å². The largest absolute Gasteiger partial charge is 0.467 e. The van der Waals surface area contributed by atoms with Gasteiger partial charge < -0.3 is 15.0 Å². The molecule has 0 saturated carbocycles. The minimum Gasteiger partial charge on any atom is -0.467 e. The van der Waals surface area contributed by atoms with Gasteiger partial charge in [-0.1, -0.05) is 0 Å². The lowest BCUT2D eigenvalue weighted by atomic mass is 10.3. The Hall–Kier alpha value is -1.41. The molecule has 8 heteroatoms. The third kappa shape index (κ3) is 4.31. The summed E-state index contributed by atoms with van der Waals surface area (Å²) in [6, 6.07) is -0.560. The molecule has 0 aliphatic carbocycles. The van der Waals surface area contributed by atoms with E-state index in [2.05, 4.69) is 31.1 Å². The Labute approximate surface area is 126 Å². The first-order valence-corrected chi connectivity index (χ1v) is 6.90. The summed E-state index contributed by atoms with van der Waals surface area (Å²) in [6.07, 6.45) is 1.51. The number of nitrogens with one attached hydrogen (secondary N) is 1. The van der Waals surface area contributed by atoms with Crippen LogP contribution in [-0.2, 0) is 16.1 Å². The summed E-state index contributed by atoms with van der Waals surface area (Å²) in [5.74, 6) is -0.409. The minimum atomic E-state index is -0.560. The van der Waals surface area contributed by atoms with Crippen molar-refractivity contribution in [1.29, 1.82) is 0 Å². The molecule has 1 unspecified atom stereocenters. The Morgan fingerprint density at radius 2 is 2.25 bits per heavy atom. The van der Waals surface area contributed by atoms with Crippen LogP contribution in [0.3, 0.4) is 0 Å². The molecule has 7 nitrogen and oxygen atoms in total. The van der Waals surface area contributed by atoms with Gasteiger partial charge in [0.25, 0.3) is 5.56 Å². The Kier molecular flexibility index (Phi) is 6.15. The molecule has 0 amide bonds. The van der Waals surface area contributed by atoms with Crippen LogP contribution in [0.5, 0.6) is 0 Å². The highest BCUT2D eigenvalue weighted by atomic mass is 79.9. The maximum Gasteiger partial charge on any atom is 0.327 e. The van der Waals surface area contributed by atoms with Gasteiger partial charge in [-0.2, -0.15) is 5.10 Å². The fourth-order valence-electron chi connectivity index (χ4n) is 1.49. The Morgan fingerprint density at radius 1 is 1.60 bits per heavy atom. The van der Waals surface area contributed by atoms with Crippen LogP contribution in [0.1, 0.15) is 6.92 Å². The number of methoxy groups -OCH3 is 1. The Bertz CT molecular complexity index is 530. The Morgan fingerprint density at radius 3 is 2.80 bits per heavy atom. The SMILES string of the molecule is COC(=O)C(C)Nc1cnn(CCN(C)C)c(=O)c1Br. The third-order valence-electron chi connectivity index (χ3n) is 2.67. The molecule has 1 N–H and O–H groups in total. The molecule has 0 spiro atoms. The number of halogens is 1. The van der Waals surface area contributed by atoms with Crippen molar-refractivity contribution in [2.24, 2.45) is 0 Å². The maximum absolute atomic E-state index is 12.1. The van der Waals surface area contributed by atoms with E-state index in [9.17, 15) is 9.59 Å². The molecule has 0 saturated heterocycles. The van der Waals surface area contributed by atoms with Crippen LogP contribution in [-0.4, -0.2) is 54.4 Å². The molecule has 1 rings (SSSR count). The summed E-state index contributed by atoms with van der Waals surface area (Å²) in [6.45, 7) is 2.86. The predicted molar refractivity (Wildman–Crippen MR) is 79.9 cm³/mol. The number of ether oxygens (including phenoxy) is 1. The van der Waals surface area contributed by atoms with Gasteiger partial charge in [0.2, 0.25) is 0 Å². The number of rotatable bonds is 6. The van der Waals surface area contributed by atoms with Crippen molar-refractivity contribution in [2.45, 2.75) is 19.5 Å². The second-order valence-electron chi connectivity index (χ2n) is 4.59. The molecule has 0 bridgehead atoms. The fraction of sp³-hybridized carbons (Fsp3) is 0.583. The van der Waals surface area contributed by atoms with E-state index in [1.807, 2.05) is 19.0 Å². The van der Waals surface area contributed by atoms with E-state index in [0.29, 0.717) is 23.2 Å². The molecule has 0 aromatic carbocycles. The zero-order valence-corrected chi connectivity index (χ0v) is 13.6. The number of nitrogens with zero attached hydrogens (tertiary/aromatic N) is 3. The van der Waals surface area contributed by atoms with Gasteiger partial charge in [0.05, 0.1) is 25.5 Å². The van der Waals surface area contributed by atoms with E-state index >= 15 is 0 Å². The fourth-order valence-corrected chi connectivity index (χ4v) is 1.91. The van der Waals surface area contributed by atoms with E-state index < -0.39 is 12.0 Å². The smallest absolute Gasteiger partial charge is 0.327 e. The van der Waals surface area contributed by atoms with Crippen LogP contribution in [0.15, 0.2) is 15.5 Å². The van der Waals surface area contributed by atoms with Gasteiger partial charge in [-0.25, -0.2) is 9.48 Å². The summed E-state index contributed by atoms with van der Waals surface area (Å²) in [7, 11) is 5.16. The van der Waals surface area contributed by atoms with Crippen molar-refractivity contribution in [3.8, 4) is 0 Å². The first-order chi connectivity index (χ1) is 9.36. The number of carbonyl (C=O) groups is 1. The number of aromatic nitrogens is 2. The summed E-state index contributed by atoms with van der Waals surface area (Å²) in [4.78, 5) is 25.4. The Balaban J connectivity index is 2.89. The zero-order valence-electron chi connectivity index (χ0n) is 12.0. The normalized spacial score (nSPS) is 12.3. The maximum atomic E-state index is 12.1. The van der Waals surface area contributed by atoms with Gasteiger partial charge in [-0.05, 0) is 36.9 Å². The number of hydrogen-bond donors (Lipinski definition) is 1. The van der Waals surface area contributed by atoms with Crippen molar-refractivity contribution < 1.29 is 9.53 Å². The quantitative estimate of drug-likeness (QED) is 0.757. The van der Waals surface area contributed by atoms with E-state index in [0.717, 1.165) is 0 Å². The van der Waals surface area contributed by atoms with E-state index in [4.69, 9.17) is 0 Å². The molecule has 0 fully saturated rings. The second-order valence-corrected chi connectivity index (χ2v) is 5.39. The topological polar surface area (TPSA) is 76.5 Å². The number of hydrogen-bond acceptors (Lipinski definition) is 6. The summed E-state index contributed by atoms with van der Waals surface area (Å²) in [5, 5.41) is 6.97. The van der Waals surface area contributed by atoms with Gasteiger partial charge in [-0.15, -0.1) is 0 Å². The van der Waals surface area contributed by atoms with Gasteiger partial charge in [0.1, 0.15) is 10.5 Å². The van der Waals surface area contributed by atoms with Crippen molar-refractivity contribution in [1.82, 2.24) is 14.7 Å². The number of esters is 1. The highest BCUT2D eigenvalue weighted by Crippen LogP contribution is 2.17. The third-order valence-corrected chi connectivity index (χ3v) is 3.44. The average Bonchev–Trinajstić information content (AvgIpc) is 2.41. The molecule has 20 heavy (non-hydrogen) atoms. The van der Waals surface area contributed by atoms with Crippen molar-refractivity contribution >= 4 is 27.6 Å². The molecular formula is C12H19BrN4O3. The molecule has 1 aromatic rings. The van der Waals surface area contributed by atoms with Crippen LogP contribution in [0.2, 0.25) is 0 Å². The molecular weight excluding hydrogens is 328 g/mol. The van der Waals surface area contributed by atoms with Crippen LogP contribution >= 0.6 is 15.9 Å². The molecule has 0 radical (unpaired) electrons. The zero-order chi connectivity index (χ0) is 15.3. The van der Waals surface area contributed by atoms with Gasteiger partial charge in [0, 0.05) is 6.54 Å². The lowest BCUT2D eigenvalue weighted by molar-refractivity contribution is -0.141. The van der Waals surface area contributed by atoms with Crippen LogP contribution in [0.4, 0.5) is 5.69 Å². The number of likely N-dealkylation sites (N-methyl/N-ethyl adjacent to an activating group) is 1. The summed E-state index contributed by atoms with van der Waals surface area (Å²) < 4.78 is 6.34. The van der Waals surface area contributed by atoms with E-state index in [1.54, 1.807) is 6.92 Å². The number of anilines is 1. The van der Waals surface area contributed by atoms with Crippen molar-refractivity contribution in [3.63, 3.8) is 0 Å². The molecule has 1 aromatic heterocycles. The average molecular weight is 347 g/mol. The van der Waals surface area contributed by atoms with Crippen molar-refractivity contribution in [2.75, 3.05) is 33.1 Å². The lowest BCUT2D eigenvalue weighted by Gasteiger charge is -2.15. The molecule has 0 aliphatic rings. The first kappa shape index (κ1) is 16.6. The highest BCUT2D eigenvalue weighted by molar-refractivity contribution is 9.10. The van der Waals surface area contributed by atoms with E-state index in [-0.39, 0.29) is 5.56 Å². The lowest BCUT2D eigenvalue weighted by Crippen LogP contribution is -2.32. The molecule has 1 atom stereocenters. The van der Waals surface area contributed by atoms with Crippen LogP contribution in [0.25, 0.3) is 0 Å². The second kappa shape index (κ2) is 7.39. The molecule has 112 valence electrons. The van der Waals surface area contributed by atoms with Crippen molar-refractivity contribution in [3.05, 3.63) is 21.0 Å². The molecule has 1 heterocycles. The van der Waals surface area contributed by atoms with Gasteiger partial charge >= 0.3 is 5.97 Å². The minimum absolute atomic E-state index is 0.242. The standard InChI is InChI=1S/C12H19BrN4O3/c1-8(12(19)20-4)15-9-7-14-17(6-5-16(2)3)11(18)10(9)13/h7-8,15H,5-6H2,1-4H3. The van der Waals surface area contributed by atoms with Crippen LogP contribution < -0.4 is 10.9 Å². The number of carbonyl (C=O) groups excluding carboxylic acids is 1. The van der Waals surface area contributed by atoms with Gasteiger partial charge in [-0.3, -0.25) is 4.79 Å². The van der Waals surface area contributed by atoms with E-state index in [1.165, 1.54) is 18.0 Å². The summed E-state index contributed by atoms with van der Waals surface area (Å²) >= 11 is 3.24. The summed E-state index contributed by atoms with van der Waals surface area (Å²) in [5.41, 5.74) is 0.225. The highest BCUT2D eigenvalue weighted by Gasteiger charge is 2.16. The monoisotopic (exact) mass is 346 g/mol. The molecule has 0 aliphatic heterocycles. The van der Waals surface area contributed by atoms with Crippen LogP contribution in [0, 0.1) is 0 Å².